The minimum atomic E-state index is -3.52. The summed E-state index contributed by atoms with van der Waals surface area (Å²) in [7, 11) is 0. The normalized spacial score (nSPS) is 38.9. The molecule has 27 heavy (non-hydrogen) atoms. The third-order valence-corrected chi connectivity index (χ3v) is 6.37. The molecule has 154 valence electrons. The Morgan fingerprint density at radius 2 is 1.67 bits per heavy atom. The fraction of sp³-hybridized carbons (Fsp3) is 0.944. The monoisotopic (exact) mass is 396 g/mol. The van der Waals surface area contributed by atoms with Crippen molar-refractivity contribution in [1.29, 1.82) is 0 Å². The van der Waals surface area contributed by atoms with E-state index in [1.807, 2.05) is 0 Å². The molecule has 1 heterocycles. The number of hydrogen-bond acceptors (Lipinski definition) is 5. The molecule has 5 aliphatic rings. The molecule has 1 aliphatic heterocycles. The van der Waals surface area contributed by atoms with E-state index < -0.39 is 42.4 Å². The Morgan fingerprint density at radius 3 is 2.22 bits per heavy atom. The van der Waals surface area contributed by atoms with Gasteiger partial charge in [-0.3, -0.25) is 0 Å². The predicted octanol–water partition coefficient (Wildman–Crippen LogP) is 3.16. The molecule has 5 rings (SSSR count). The number of rotatable bonds is 5. The molecule has 0 radical (unpaired) electrons. The van der Waals surface area contributed by atoms with Crippen molar-refractivity contribution in [3.8, 4) is 0 Å². The molecule has 9 heteroatoms. The van der Waals surface area contributed by atoms with Crippen molar-refractivity contribution in [2.75, 3.05) is 26.4 Å². The van der Waals surface area contributed by atoms with Gasteiger partial charge in [0.2, 0.25) is 0 Å². The van der Waals surface area contributed by atoms with Crippen LogP contribution in [0.25, 0.3) is 0 Å². The highest BCUT2D eigenvalue weighted by Gasteiger charge is 2.66. The van der Waals surface area contributed by atoms with E-state index in [9.17, 15) is 22.4 Å². The van der Waals surface area contributed by atoms with Crippen LogP contribution in [-0.4, -0.2) is 55.6 Å². The van der Waals surface area contributed by atoms with Gasteiger partial charge in [0.1, 0.15) is 19.8 Å². The van der Waals surface area contributed by atoms with Gasteiger partial charge in [-0.25, -0.2) is 13.6 Å². The molecule has 0 aromatic heterocycles. The first-order valence-corrected chi connectivity index (χ1v) is 9.38. The van der Waals surface area contributed by atoms with Gasteiger partial charge < -0.3 is 18.9 Å². The molecule has 5 nitrogen and oxygen atoms in total. The molecule has 0 amide bonds. The Balaban J connectivity index is 1.36. The van der Waals surface area contributed by atoms with Crippen molar-refractivity contribution < 1.29 is 41.3 Å². The maximum Gasteiger partial charge on any atom is 0.376 e. The summed E-state index contributed by atoms with van der Waals surface area (Å²) in [6, 6.07) is 0. The van der Waals surface area contributed by atoms with E-state index in [4.69, 9.17) is 14.2 Å². The molecule has 2 atom stereocenters. The van der Waals surface area contributed by atoms with E-state index >= 15 is 0 Å². The molecule has 0 aromatic carbocycles. The summed E-state index contributed by atoms with van der Waals surface area (Å²) in [5, 5.41) is 0. The van der Waals surface area contributed by atoms with Gasteiger partial charge in [-0.1, -0.05) is 0 Å². The van der Waals surface area contributed by atoms with Crippen LogP contribution in [0.3, 0.4) is 0 Å². The molecule has 5 fully saturated rings. The van der Waals surface area contributed by atoms with Gasteiger partial charge in [0.05, 0.1) is 12.2 Å². The minimum absolute atomic E-state index is 0.0256. The molecule has 0 aromatic rings. The van der Waals surface area contributed by atoms with Crippen molar-refractivity contribution in [2.45, 2.75) is 62.3 Å². The standard InChI is InChI=1S/C18H24F4O5/c1-15(19,20)14(23)24-2-3-25-16-6-11-4-12(7-16)18(13(5-11)8-16)26-9-17(21,22)10-27-18/h11-13H,2-10H2,1H3. The quantitative estimate of drug-likeness (QED) is 0.406. The van der Waals surface area contributed by atoms with Gasteiger partial charge >= 0.3 is 11.9 Å². The summed E-state index contributed by atoms with van der Waals surface area (Å²) >= 11 is 0. The number of hydrogen-bond donors (Lipinski definition) is 0. The Morgan fingerprint density at radius 1 is 1.07 bits per heavy atom. The highest BCUT2D eigenvalue weighted by Crippen LogP contribution is 2.63. The van der Waals surface area contributed by atoms with E-state index in [1.165, 1.54) is 0 Å². The average Bonchev–Trinajstić information content (AvgIpc) is 2.56. The van der Waals surface area contributed by atoms with Crippen LogP contribution in [0.2, 0.25) is 0 Å². The minimum Gasteiger partial charge on any atom is -0.459 e. The molecule has 2 unspecified atom stereocenters. The predicted molar refractivity (Wildman–Crippen MR) is 83.4 cm³/mol. The van der Waals surface area contributed by atoms with E-state index in [-0.39, 0.29) is 25.0 Å². The van der Waals surface area contributed by atoms with E-state index in [0.29, 0.717) is 25.7 Å². The molecule has 1 saturated heterocycles. The third kappa shape index (κ3) is 3.46. The fourth-order valence-electron chi connectivity index (χ4n) is 5.54. The smallest absolute Gasteiger partial charge is 0.376 e. The second-order valence-electron chi connectivity index (χ2n) is 8.55. The zero-order chi connectivity index (χ0) is 19.5. The first-order valence-electron chi connectivity index (χ1n) is 9.38. The lowest BCUT2D eigenvalue weighted by atomic mass is 9.51. The lowest BCUT2D eigenvalue weighted by molar-refractivity contribution is -0.406. The summed E-state index contributed by atoms with van der Waals surface area (Å²) in [5.41, 5.74) is -0.449. The molecule has 4 bridgehead atoms. The van der Waals surface area contributed by atoms with Gasteiger partial charge in [-0.05, 0) is 38.0 Å². The van der Waals surface area contributed by atoms with Crippen molar-refractivity contribution in [2.24, 2.45) is 17.8 Å². The van der Waals surface area contributed by atoms with Crippen LogP contribution in [-0.2, 0) is 23.7 Å². The molecule has 0 N–H and O–H groups in total. The highest BCUT2D eigenvalue weighted by atomic mass is 19.3. The number of alkyl halides is 4. The van der Waals surface area contributed by atoms with Gasteiger partial charge in [0.15, 0.2) is 5.79 Å². The van der Waals surface area contributed by atoms with Crippen molar-refractivity contribution in [3.63, 3.8) is 0 Å². The van der Waals surface area contributed by atoms with Crippen molar-refractivity contribution in [3.05, 3.63) is 0 Å². The Labute approximate surface area is 154 Å². The molecule has 4 aliphatic carbocycles. The van der Waals surface area contributed by atoms with Crippen molar-refractivity contribution in [1.82, 2.24) is 0 Å². The topological polar surface area (TPSA) is 54.0 Å². The average molecular weight is 396 g/mol. The SMILES string of the molecule is CC(F)(F)C(=O)OCCOC12CC3CC(C1)C1(OCC(F)(F)CO1)C(C3)C2. The lowest BCUT2D eigenvalue weighted by Gasteiger charge is -2.64. The summed E-state index contributed by atoms with van der Waals surface area (Å²) in [6.07, 6.45) is 3.77. The summed E-state index contributed by atoms with van der Waals surface area (Å²) in [5.74, 6) is -8.65. The highest BCUT2D eigenvalue weighted by molar-refractivity contribution is 5.76. The lowest BCUT2D eigenvalue weighted by Crippen LogP contribution is -2.68. The van der Waals surface area contributed by atoms with E-state index in [0.717, 1.165) is 19.3 Å². The maximum absolute atomic E-state index is 13.5. The zero-order valence-corrected chi connectivity index (χ0v) is 15.1. The Bertz CT molecular complexity index is 577. The van der Waals surface area contributed by atoms with E-state index in [2.05, 4.69) is 4.74 Å². The van der Waals surface area contributed by atoms with Crippen molar-refractivity contribution >= 4 is 5.97 Å². The molecule has 1 spiro atoms. The number of ether oxygens (including phenoxy) is 4. The van der Waals surface area contributed by atoms with Crippen LogP contribution in [0, 0.1) is 17.8 Å². The van der Waals surface area contributed by atoms with Crippen LogP contribution < -0.4 is 0 Å². The molecular weight excluding hydrogens is 372 g/mol. The number of carbonyl (C=O) groups excluding carboxylic acids is 1. The maximum atomic E-state index is 13.5. The van der Waals surface area contributed by atoms with Crippen LogP contribution in [0.1, 0.15) is 39.0 Å². The fourth-order valence-corrected chi connectivity index (χ4v) is 5.54. The second-order valence-corrected chi connectivity index (χ2v) is 8.55. The molecule has 4 saturated carbocycles. The van der Waals surface area contributed by atoms with Gasteiger partial charge in [0, 0.05) is 18.8 Å². The van der Waals surface area contributed by atoms with Gasteiger partial charge in [-0.2, -0.15) is 8.78 Å². The summed E-state index contributed by atoms with van der Waals surface area (Å²) in [6.45, 7) is -0.975. The van der Waals surface area contributed by atoms with Crippen LogP contribution in [0.5, 0.6) is 0 Å². The number of halogens is 4. The van der Waals surface area contributed by atoms with Crippen LogP contribution >= 0.6 is 0 Å². The van der Waals surface area contributed by atoms with Crippen LogP contribution in [0.15, 0.2) is 0 Å². The van der Waals surface area contributed by atoms with E-state index in [1.54, 1.807) is 0 Å². The first kappa shape index (κ1) is 19.4. The van der Waals surface area contributed by atoms with Gasteiger partial charge in [-0.15, -0.1) is 0 Å². The first-order chi connectivity index (χ1) is 12.5. The van der Waals surface area contributed by atoms with Gasteiger partial charge in [0.25, 0.3) is 5.92 Å². The third-order valence-electron chi connectivity index (χ3n) is 6.37. The zero-order valence-electron chi connectivity index (χ0n) is 15.1. The number of carbonyl (C=O) groups is 1. The Kier molecular flexibility index (Phi) is 4.51. The Hall–Kier alpha value is -0.930. The summed E-state index contributed by atoms with van der Waals surface area (Å²) < 4.78 is 74.4. The second kappa shape index (κ2) is 6.29. The van der Waals surface area contributed by atoms with Crippen LogP contribution in [0.4, 0.5) is 17.6 Å². The molecular formula is C18H24F4O5. The largest absolute Gasteiger partial charge is 0.459 e. The summed E-state index contributed by atoms with van der Waals surface area (Å²) in [4.78, 5) is 11.1. The number of esters is 1.